The fourth-order valence-electron chi connectivity index (χ4n) is 6.50. The molecule has 1 fully saturated rings. The Balaban J connectivity index is 1.95. The molecular weight excluding hydrogens is 490 g/mol. The van der Waals surface area contributed by atoms with Gasteiger partial charge in [-0.15, -0.1) is 0 Å². The Morgan fingerprint density at radius 1 is 1.13 bits per heavy atom. The normalized spacial score (nSPS) is 26.9. The number of carbonyl (C=O) groups excluding carboxylic acids is 3. The number of likely N-dealkylation sites (N-methyl/N-ethyl adjacent to an activating group) is 1. The smallest absolute Gasteiger partial charge is 0.255 e. The van der Waals surface area contributed by atoms with Crippen molar-refractivity contribution in [3.05, 3.63) is 39.7 Å². The summed E-state index contributed by atoms with van der Waals surface area (Å²) >= 11 is 0. The maximum absolute atomic E-state index is 14.0. The van der Waals surface area contributed by atoms with Crippen molar-refractivity contribution in [3.8, 4) is 5.75 Å². The predicted molar refractivity (Wildman–Crippen MR) is 142 cm³/mol. The number of phenols is 1. The third-order valence-electron chi connectivity index (χ3n) is 8.31. The number of unbranched alkanes of at least 4 members (excludes halogenated alkanes) is 2. The highest BCUT2D eigenvalue weighted by atomic mass is 16.3. The second-order valence-electron chi connectivity index (χ2n) is 11.1. The topological polar surface area (TPSA) is 165 Å². The number of aryl methyl sites for hydroxylation is 1. The summed E-state index contributed by atoms with van der Waals surface area (Å²) in [5.41, 5.74) is 4.02. The molecule has 206 valence electrons. The van der Waals surface area contributed by atoms with E-state index in [4.69, 9.17) is 5.73 Å². The van der Waals surface area contributed by atoms with Gasteiger partial charge in [0.1, 0.15) is 22.8 Å². The number of fused-ring (bicyclic) bond motifs is 3. The molecule has 0 heterocycles. The van der Waals surface area contributed by atoms with E-state index in [9.17, 15) is 34.8 Å². The van der Waals surface area contributed by atoms with Crippen LogP contribution in [0.1, 0.15) is 49.3 Å². The largest absolute Gasteiger partial charge is 0.508 e. The Hall–Kier alpha value is -3.37. The molecule has 0 aliphatic heterocycles. The van der Waals surface area contributed by atoms with E-state index < -0.39 is 58.0 Å². The van der Waals surface area contributed by atoms with Gasteiger partial charge in [0.05, 0.1) is 11.6 Å². The molecule has 3 aliphatic rings. The zero-order valence-corrected chi connectivity index (χ0v) is 22.5. The van der Waals surface area contributed by atoms with E-state index in [0.29, 0.717) is 17.5 Å². The number of aliphatic hydroxyl groups is 3. The average Bonchev–Trinajstić information content (AvgIpc) is 2.82. The molecule has 4 rings (SSSR count). The van der Waals surface area contributed by atoms with Gasteiger partial charge >= 0.3 is 0 Å². The number of rotatable bonds is 7. The lowest BCUT2D eigenvalue weighted by Crippen LogP contribution is -2.65. The maximum Gasteiger partial charge on any atom is 0.255 e. The fourth-order valence-corrected chi connectivity index (χ4v) is 6.50. The Bertz CT molecular complexity index is 1280. The molecule has 4 atom stereocenters. The lowest BCUT2D eigenvalue weighted by atomic mass is 9.57. The molecule has 3 aliphatic carbocycles. The first-order chi connectivity index (χ1) is 17.8. The zero-order chi connectivity index (χ0) is 28.3. The van der Waals surface area contributed by atoms with Crippen LogP contribution in [0.3, 0.4) is 0 Å². The first-order valence-corrected chi connectivity index (χ1v) is 13.0. The highest BCUT2D eigenvalue weighted by Crippen LogP contribution is 2.54. The molecule has 1 amide bonds. The number of phenolic OH excluding ortho intramolecular Hbond substituents is 1. The summed E-state index contributed by atoms with van der Waals surface area (Å²) < 4.78 is 0. The van der Waals surface area contributed by atoms with Gasteiger partial charge in [0, 0.05) is 31.3 Å². The van der Waals surface area contributed by atoms with Crippen LogP contribution in [0.15, 0.2) is 23.0 Å². The number of anilines is 1. The first kappa shape index (κ1) is 27.7. The number of carbonyl (C=O) groups is 3. The summed E-state index contributed by atoms with van der Waals surface area (Å²) in [5, 5.41) is 45.4. The van der Waals surface area contributed by atoms with Crippen molar-refractivity contribution >= 4 is 28.9 Å². The fraction of sp³-hybridized carbons (Fsp3) is 0.536. The van der Waals surface area contributed by atoms with Crippen LogP contribution in [0.25, 0.3) is 5.76 Å². The number of benzene rings is 1. The second-order valence-corrected chi connectivity index (χ2v) is 11.1. The third-order valence-corrected chi connectivity index (χ3v) is 8.31. The average molecular weight is 528 g/mol. The number of amides is 1. The Morgan fingerprint density at radius 2 is 1.79 bits per heavy atom. The molecule has 0 spiro atoms. The van der Waals surface area contributed by atoms with Gasteiger partial charge < -0.3 is 31.1 Å². The zero-order valence-electron chi connectivity index (χ0n) is 22.5. The molecule has 38 heavy (non-hydrogen) atoms. The van der Waals surface area contributed by atoms with Gasteiger partial charge in [0.25, 0.3) is 5.91 Å². The number of Topliss-reactive ketones (excluding diaryl/α,β-unsaturated/α-hetero) is 2. The number of primary amides is 1. The number of aliphatic hydroxyl groups excluding tert-OH is 2. The van der Waals surface area contributed by atoms with E-state index in [2.05, 4.69) is 6.92 Å². The van der Waals surface area contributed by atoms with E-state index in [1.54, 1.807) is 14.1 Å². The summed E-state index contributed by atoms with van der Waals surface area (Å²) in [4.78, 5) is 42.7. The second kappa shape index (κ2) is 9.74. The van der Waals surface area contributed by atoms with Crippen LogP contribution in [-0.4, -0.2) is 82.6 Å². The highest BCUT2D eigenvalue weighted by molar-refractivity contribution is 6.24. The minimum atomic E-state index is -2.64. The van der Waals surface area contributed by atoms with Crippen molar-refractivity contribution < 1.29 is 34.8 Å². The van der Waals surface area contributed by atoms with Crippen LogP contribution in [0.2, 0.25) is 0 Å². The van der Waals surface area contributed by atoms with Gasteiger partial charge in [-0.25, -0.2) is 0 Å². The van der Waals surface area contributed by atoms with E-state index >= 15 is 0 Å². The Labute approximate surface area is 222 Å². The molecule has 10 nitrogen and oxygen atoms in total. The molecule has 1 saturated carbocycles. The lowest BCUT2D eigenvalue weighted by molar-refractivity contribution is -0.153. The SMILES string of the molecule is CCCCCc1cc(N(C)C)c2c(c1O)C(O)=C1C(=O)[C@@]3(O)C(O)=C(C(N)=O)C(=O)[C@H](N(C)C)[C@H]3C[C@H]1C2. The summed E-state index contributed by atoms with van der Waals surface area (Å²) in [5.74, 6) is -6.36. The van der Waals surface area contributed by atoms with Crippen molar-refractivity contribution in [3.63, 3.8) is 0 Å². The van der Waals surface area contributed by atoms with Gasteiger partial charge in [-0.3, -0.25) is 19.3 Å². The third kappa shape index (κ3) is 3.89. The molecule has 0 unspecified atom stereocenters. The number of nitrogens with zero attached hydrogens (tertiary/aromatic N) is 2. The Kier molecular flexibility index (Phi) is 7.09. The molecule has 1 aromatic rings. The van der Waals surface area contributed by atoms with Crippen LogP contribution >= 0.6 is 0 Å². The van der Waals surface area contributed by atoms with E-state index in [-0.39, 0.29) is 29.7 Å². The van der Waals surface area contributed by atoms with Crippen LogP contribution in [-0.2, 0) is 27.2 Å². The van der Waals surface area contributed by atoms with Gasteiger partial charge in [0.2, 0.25) is 5.78 Å². The molecule has 0 aromatic heterocycles. The first-order valence-electron chi connectivity index (χ1n) is 13.0. The summed E-state index contributed by atoms with van der Waals surface area (Å²) in [6, 6.07) is 0.805. The van der Waals surface area contributed by atoms with Crippen LogP contribution in [0, 0.1) is 11.8 Å². The minimum Gasteiger partial charge on any atom is -0.508 e. The van der Waals surface area contributed by atoms with E-state index in [0.717, 1.165) is 24.9 Å². The molecule has 1 aromatic carbocycles. The highest BCUT2D eigenvalue weighted by Gasteiger charge is 2.64. The monoisotopic (exact) mass is 527 g/mol. The number of ketones is 2. The maximum atomic E-state index is 14.0. The van der Waals surface area contributed by atoms with Crippen molar-refractivity contribution in [1.82, 2.24) is 4.90 Å². The van der Waals surface area contributed by atoms with Gasteiger partial charge in [-0.1, -0.05) is 19.8 Å². The molecule has 0 bridgehead atoms. The minimum absolute atomic E-state index is 0.0671. The predicted octanol–water partition coefficient (Wildman–Crippen LogP) is 1.76. The van der Waals surface area contributed by atoms with Gasteiger partial charge in [-0.05, 0) is 62.9 Å². The van der Waals surface area contributed by atoms with Crippen molar-refractivity contribution in [1.29, 1.82) is 0 Å². The van der Waals surface area contributed by atoms with Crippen LogP contribution in [0.5, 0.6) is 5.75 Å². The quantitative estimate of drug-likeness (QED) is 0.262. The summed E-state index contributed by atoms with van der Waals surface area (Å²) in [6.45, 7) is 2.08. The lowest BCUT2D eigenvalue weighted by Gasteiger charge is -2.50. The number of hydrogen-bond donors (Lipinski definition) is 5. The molecule has 6 N–H and O–H groups in total. The summed E-state index contributed by atoms with van der Waals surface area (Å²) in [6.07, 6.45) is 3.72. The van der Waals surface area contributed by atoms with E-state index in [1.165, 1.54) is 4.90 Å². The van der Waals surface area contributed by atoms with Crippen molar-refractivity contribution in [2.75, 3.05) is 33.1 Å². The number of aromatic hydroxyl groups is 1. The van der Waals surface area contributed by atoms with Crippen LogP contribution < -0.4 is 10.6 Å². The Morgan fingerprint density at radius 3 is 2.34 bits per heavy atom. The van der Waals surface area contributed by atoms with E-state index in [1.807, 2.05) is 25.1 Å². The standard InChI is InChI=1S/C28H37N3O7/c1-6-7-8-9-13-12-17(30(2)3)15-10-14-11-16-21(31(4)5)24(34)20(27(29)37)26(36)28(16,38)25(35)18(14)23(33)19(15)22(13)32/h12,14,16,21,32-33,36,38H,6-11H2,1-5H3,(H2,29,37)/t14-,16-,21-,28-/m1/s1. The number of nitrogens with two attached hydrogens (primary N) is 1. The van der Waals surface area contributed by atoms with Crippen molar-refractivity contribution in [2.45, 2.75) is 57.1 Å². The molecular formula is C28H37N3O7. The summed E-state index contributed by atoms with van der Waals surface area (Å²) in [7, 11) is 6.88. The number of hydrogen-bond acceptors (Lipinski definition) is 9. The molecule has 10 heteroatoms. The molecule has 0 saturated heterocycles. The molecule has 0 radical (unpaired) electrons. The van der Waals surface area contributed by atoms with Crippen molar-refractivity contribution in [2.24, 2.45) is 17.6 Å². The van der Waals surface area contributed by atoms with Crippen LogP contribution in [0.4, 0.5) is 5.69 Å². The van der Waals surface area contributed by atoms with Gasteiger partial charge in [0.15, 0.2) is 11.4 Å². The van der Waals surface area contributed by atoms with Gasteiger partial charge in [-0.2, -0.15) is 0 Å².